The lowest BCUT2D eigenvalue weighted by molar-refractivity contribution is -0.700. The van der Waals surface area contributed by atoms with E-state index in [1.807, 2.05) is 40.0 Å². The summed E-state index contributed by atoms with van der Waals surface area (Å²) >= 11 is 0. The van der Waals surface area contributed by atoms with Gasteiger partial charge in [0.05, 0.1) is 0 Å². The minimum atomic E-state index is -1.89. The summed E-state index contributed by atoms with van der Waals surface area (Å²) < 4.78 is 29.4. The van der Waals surface area contributed by atoms with Gasteiger partial charge in [0.1, 0.15) is 0 Å². The van der Waals surface area contributed by atoms with E-state index in [2.05, 4.69) is 107 Å². The van der Waals surface area contributed by atoms with E-state index < -0.39 is 27.3 Å². The number of benzene rings is 2. The summed E-state index contributed by atoms with van der Waals surface area (Å²) in [6.07, 6.45) is 13.1. The molecule has 0 saturated heterocycles. The highest BCUT2D eigenvalue weighted by Crippen LogP contribution is 2.34. The average Bonchev–Trinajstić information content (AvgIpc) is 3.13. The monoisotopic (exact) mass is 702 g/mol. The van der Waals surface area contributed by atoms with Gasteiger partial charge in [-0.25, -0.2) is 0 Å². The van der Waals surface area contributed by atoms with Crippen molar-refractivity contribution in [1.29, 1.82) is 0 Å². The molecule has 2 aromatic carbocycles. The highest BCUT2D eigenvalue weighted by Gasteiger charge is 2.35. The van der Waals surface area contributed by atoms with E-state index in [9.17, 15) is 19.3 Å². The Morgan fingerprint density at radius 2 is 0.898 bits per heavy atom. The highest BCUT2D eigenvalue weighted by molar-refractivity contribution is 7.46. The molecule has 2 aromatic heterocycles. The molecule has 4 aromatic rings. The van der Waals surface area contributed by atoms with E-state index in [-0.39, 0.29) is 25.4 Å². The lowest BCUT2D eigenvalue weighted by atomic mass is 9.85. The van der Waals surface area contributed by atoms with Crippen molar-refractivity contribution < 1.29 is 28.5 Å². The van der Waals surface area contributed by atoms with Crippen LogP contribution in [-0.2, 0) is 22.2 Å². The van der Waals surface area contributed by atoms with Gasteiger partial charge in [-0.3, -0.25) is 0 Å². The number of rotatable bonds is 20. The molecular weight excluding hydrogens is 646 g/mol. The lowest BCUT2D eigenvalue weighted by Crippen LogP contribution is -2.38. The topological polar surface area (TPSA) is 82.4 Å². The molecule has 2 N–H and O–H groups in total. The van der Waals surface area contributed by atoms with E-state index in [1.54, 1.807) is 0 Å². The molecular formula is C41H56N2O4P2+4. The Balaban J connectivity index is 1.18. The van der Waals surface area contributed by atoms with Gasteiger partial charge < -0.3 is 10.2 Å². The van der Waals surface area contributed by atoms with Crippen LogP contribution < -0.4 is 9.13 Å². The number of pyridine rings is 2. The number of aliphatic hydroxyl groups is 2. The van der Waals surface area contributed by atoms with Gasteiger partial charge >= 0.3 is 27.3 Å². The third kappa shape index (κ3) is 12.0. The van der Waals surface area contributed by atoms with E-state index >= 15 is 0 Å². The molecule has 0 bridgehead atoms. The normalized spacial score (nSPS) is 15.9. The first-order chi connectivity index (χ1) is 23.7. The summed E-state index contributed by atoms with van der Waals surface area (Å²) in [5.41, 5.74) is 5.25. The number of aromatic nitrogens is 2. The maximum absolute atomic E-state index is 12.8. The van der Waals surface area contributed by atoms with Crippen molar-refractivity contribution >= 4 is 15.6 Å². The highest BCUT2D eigenvalue weighted by atomic mass is 31.1. The predicted molar refractivity (Wildman–Crippen MR) is 200 cm³/mol. The summed E-state index contributed by atoms with van der Waals surface area (Å²) in [6.45, 7) is 9.48. The molecule has 0 fully saturated rings. The van der Waals surface area contributed by atoms with Gasteiger partial charge in [0, 0.05) is 30.7 Å². The van der Waals surface area contributed by atoms with Crippen molar-refractivity contribution in [2.75, 3.05) is 12.3 Å². The Labute approximate surface area is 295 Å². The van der Waals surface area contributed by atoms with Crippen LogP contribution in [0.3, 0.4) is 0 Å². The van der Waals surface area contributed by atoms with Crippen molar-refractivity contribution in [2.24, 2.45) is 0 Å². The van der Waals surface area contributed by atoms with Crippen LogP contribution in [0.25, 0.3) is 0 Å². The molecule has 8 unspecified atom stereocenters. The van der Waals surface area contributed by atoms with E-state index in [1.165, 1.54) is 22.3 Å². The molecule has 0 aliphatic rings. The van der Waals surface area contributed by atoms with Gasteiger partial charge in [-0.1, -0.05) is 97.5 Å². The third-order valence-electron chi connectivity index (χ3n) is 9.95. The van der Waals surface area contributed by atoms with E-state index in [0.717, 1.165) is 25.7 Å². The molecule has 0 radical (unpaired) electrons. The molecule has 0 amide bonds. The Kier molecular flexibility index (Phi) is 15.7. The summed E-state index contributed by atoms with van der Waals surface area (Å²) in [5, 5.41) is 21.3. The minimum Gasteiger partial charge on any atom is -0.346 e. The predicted octanol–water partition coefficient (Wildman–Crippen LogP) is 9.02. The summed E-state index contributed by atoms with van der Waals surface area (Å²) in [6, 6.07) is 29.7. The van der Waals surface area contributed by atoms with Crippen LogP contribution in [0.15, 0.2) is 110 Å². The van der Waals surface area contributed by atoms with E-state index in [0.29, 0.717) is 30.1 Å². The average molecular weight is 703 g/mol. The first-order valence-corrected chi connectivity index (χ1v) is 21.0. The largest absolute Gasteiger partial charge is 0.377 e. The molecule has 0 aliphatic carbocycles. The molecule has 2 heterocycles. The molecule has 0 saturated carbocycles. The second kappa shape index (κ2) is 19.9. The van der Waals surface area contributed by atoms with Gasteiger partial charge in [0.15, 0.2) is 37.1 Å². The zero-order valence-electron chi connectivity index (χ0n) is 29.7. The van der Waals surface area contributed by atoms with Crippen molar-refractivity contribution in [3.63, 3.8) is 0 Å². The zero-order chi connectivity index (χ0) is 35.2. The first kappa shape index (κ1) is 38.7. The lowest BCUT2D eigenvalue weighted by Gasteiger charge is -2.20. The fourth-order valence-corrected chi connectivity index (χ4v) is 9.26. The first-order valence-electron chi connectivity index (χ1n) is 18.0. The van der Waals surface area contributed by atoms with Crippen molar-refractivity contribution in [3.05, 3.63) is 132 Å². The van der Waals surface area contributed by atoms with Gasteiger partial charge in [0.2, 0.25) is 13.1 Å². The molecule has 49 heavy (non-hydrogen) atoms. The second-order valence-electron chi connectivity index (χ2n) is 13.6. The van der Waals surface area contributed by atoms with Crippen LogP contribution in [-0.4, -0.2) is 34.2 Å². The second-order valence-corrected chi connectivity index (χ2v) is 17.3. The number of aliphatic hydroxyl groups excluding tert-OH is 2. The molecule has 0 spiro atoms. The Hall–Kier alpha value is -3.14. The molecule has 6 nitrogen and oxygen atoms in total. The third-order valence-corrected chi connectivity index (χ3v) is 13.1. The van der Waals surface area contributed by atoms with Crippen LogP contribution in [0.1, 0.15) is 106 Å². The number of nitrogens with zero attached hydrogens (tertiary/aromatic N) is 2. The van der Waals surface area contributed by atoms with Gasteiger partial charge in [0.25, 0.3) is 0 Å². The maximum atomic E-state index is 12.8. The van der Waals surface area contributed by atoms with Crippen LogP contribution >= 0.6 is 15.6 Å². The Morgan fingerprint density at radius 3 is 1.31 bits per heavy atom. The SMILES string of the molecule is CCC(CC(C)c1cc[n+](CC(O)[P+](=O)CCC[P+](=O)C(O)C[n+]2ccc(C(CC)CC(C)c3ccccc3)cc2)cc1)c1ccccc1. The molecule has 8 heteroatoms. The minimum absolute atomic E-state index is 0.247. The van der Waals surface area contributed by atoms with Crippen molar-refractivity contribution in [3.8, 4) is 0 Å². The molecule has 0 aliphatic heterocycles. The van der Waals surface area contributed by atoms with Crippen LogP contribution in [0.4, 0.5) is 0 Å². The van der Waals surface area contributed by atoms with Crippen LogP contribution in [0.5, 0.6) is 0 Å². The van der Waals surface area contributed by atoms with Crippen LogP contribution in [0.2, 0.25) is 0 Å². The van der Waals surface area contributed by atoms with Crippen LogP contribution in [0, 0.1) is 0 Å². The summed E-state index contributed by atoms with van der Waals surface area (Å²) in [7, 11) is -3.78. The maximum Gasteiger partial charge on any atom is 0.377 e. The van der Waals surface area contributed by atoms with Gasteiger partial charge in [-0.05, 0) is 71.6 Å². The van der Waals surface area contributed by atoms with Crippen molar-refractivity contribution in [2.45, 2.75) is 108 Å². The Morgan fingerprint density at radius 1 is 0.551 bits per heavy atom. The van der Waals surface area contributed by atoms with E-state index in [4.69, 9.17) is 0 Å². The zero-order valence-corrected chi connectivity index (χ0v) is 31.5. The smallest absolute Gasteiger partial charge is 0.346 e. The van der Waals surface area contributed by atoms with Gasteiger partial charge in [-0.15, -0.1) is 0 Å². The number of hydrogen-bond acceptors (Lipinski definition) is 4. The summed E-state index contributed by atoms with van der Waals surface area (Å²) in [4.78, 5) is 0. The van der Waals surface area contributed by atoms with Crippen molar-refractivity contribution in [1.82, 2.24) is 0 Å². The molecule has 260 valence electrons. The summed E-state index contributed by atoms with van der Waals surface area (Å²) in [5.74, 6) is -0.160. The quantitative estimate of drug-likeness (QED) is 0.0712. The molecule has 4 rings (SSSR count). The standard InChI is InChI=1S/C41H56N2O4P2/c1-5-34(38-16-11-8-12-17-38)29-33(4)37-18-22-42(23-19-37)30-40(44)48(46)26-13-27-49(47)41(45)31-43-24-20-39(21-25-43)35(6-2)28-32(3)36-14-9-7-10-15-36/h7-12,14-25,32-35,40-41,44-45H,5-6,13,26-31H2,1-4H3/q+4. The van der Waals surface area contributed by atoms with Gasteiger partial charge in [-0.2, -0.15) is 9.13 Å². The fourth-order valence-electron chi connectivity index (χ4n) is 6.73. The molecule has 8 atom stereocenters. The Bertz CT molecular complexity index is 1570. The fraction of sp³-hybridized carbons (Fsp3) is 0.463. The number of hydrogen-bond donors (Lipinski definition) is 2.